The van der Waals surface area contributed by atoms with Gasteiger partial charge in [0.1, 0.15) is 0 Å². The van der Waals surface area contributed by atoms with Crippen LogP contribution in [0.4, 0.5) is 0 Å². The molecule has 0 atom stereocenters. The quantitative estimate of drug-likeness (QED) is 0.736. The van der Waals surface area contributed by atoms with Gasteiger partial charge in [-0.1, -0.05) is 0 Å². The van der Waals surface area contributed by atoms with Gasteiger partial charge in [0.05, 0.1) is 25.0 Å². The van der Waals surface area contributed by atoms with E-state index >= 15 is 0 Å². The van der Waals surface area contributed by atoms with Crippen molar-refractivity contribution in [3.05, 3.63) is 0 Å². The summed E-state index contributed by atoms with van der Waals surface area (Å²) in [7, 11) is 0. The fourth-order valence-corrected chi connectivity index (χ4v) is 2.23. The number of carbonyl (C=O) groups excluding carboxylic acids is 2. The smallest absolute Gasteiger partial charge is 0.309 e. The molecule has 132 valence electrons. The van der Waals surface area contributed by atoms with E-state index in [1.807, 2.05) is 13.8 Å². The highest BCUT2D eigenvalue weighted by Gasteiger charge is 2.33. The Balaban J connectivity index is 0. The Morgan fingerprint density at radius 3 is 1.27 bits per heavy atom. The fourth-order valence-electron chi connectivity index (χ4n) is 2.23. The van der Waals surface area contributed by atoms with E-state index in [1.54, 1.807) is 0 Å². The van der Waals surface area contributed by atoms with Crippen molar-refractivity contribution in [2.75, 3.05) is 13.2 Å². The van der Waals surface area contributed by atoms with Crippen molar-refractivity contribution in [2.24, 2.45) is 23.3 Å². The summed E-state index contributed by atoms with van der Waals surface area (Å²) >= 11 is 0. The molecule has 0 aromatic heterocycles. The maximum absolute atomic E-state index is 10.9. The third-order valence-electron chi connectivity index (χ3n) is 3.59. The third-order valence-corrected chi connectivity index (χ3v) is 3.59. The standard InChI is InChI=1S/2C7H13NO2.2ClH/c2*1-2-10-7(9)5-3-6(8)4-5;;/h2*5-6H,2-4,8H2,1H3;2*1H. The van der Waals surface area contributed by atoms with E-state index in [-0.39, 0.29) is 60.7 Å². The summed E-state index contributed by atoms with van der Waals surface area (Å²) in [5, 5.41) is 0. The van der Waals surface area contributed by atoms with Gasteiger partial charge in [0.25, 0.3) is 0 Å². The lowest BCUT2D eigenvalue weighted by molar-refractivity contribution is -0.152. The summed E-state index contributed by atoms with van der Waals surface area (Å²) in [6.45, 7) is 4.59. The molecule has 2 aliphatic carbocycles. The van der Waals surface area contributed by atoms with Gasteiger partial charge in [-0.25, -0.2) is 0 Å². The summed E-state index contributed by atoms with van der Waals surface area (Å²) < 4.78 is 9.60. The molecule has 4 N–H and O–H groups in total. The molecule has 0 aromatic rings. The molecule has 2 rings (SSSR count). The number of rotatable bonds is 4. The van der Waals surface area contributed by atoms with Crippen molar-refractivity contribution in [3.63, 3.8) is 0 Å². The second kappa shape index (κ2) is 11.9. The Labute approximate surface area is 144 Å². The summed E-state index contributed by atoms with van der Waals surface area (Å²) in [6.07, 6.45) is 3.22. The average molecular weight is 359 g/mol. The molecule has 8 heteroatoms. The molecular weight excluding hydrogens is 331 g/mol. The Morgan fingerprint density at radius 2 is 1.09 bits per heavy atom. The lowest BCUT2D eigenvalue weighted by Crippen LogP contribution is -2.41. The second-order valence-corrected chi connectivity index (χ2v) is 5.36. The fraction of sp³-hybridized carbons (Fsp3) is 0.857. The SMILES string of the molecule is CCOC(=O)C1CC(N)C1.CCOC(=O)C1CC(N)C1.Cl.Cl. The van der Waals surface area contributed by atoms with Crippen LogP contribution in [0, 0.1) is 11.8 Å². The zero-order chi connectivity index (χ0) is 15.1. The summed E-state index contributed by atoms with van der Waals surface area (Å²) in [5.74, 6) is 0.0262. The maximum Gasteiger partial charge on any atom is 0.309 e. The Bertz CT molecular complexity index is 301. The van der Waals surface area contributed by atoms with E-state index < -0.39 is 0 Å². The number of ether oxygens (including phenoxy) is 2. The van der Waals surface area contributed by atoms with Crippen molar-refractivity contribution < 1.29 is 19.1 Å². The Morgan fingerprint density at radius 1 is 0.818 bits per heavy atom. The highest BCUT2D eigenvalue weighted by atomic mass is 35.5. The molecule has 0 aliphatic heterocycles. The number of halogens is 2. The van der Waals surface area contributed by atoms with Crippen LogP contribution < -0.4 is 11.5 Å². The van der Waals surface area contributed by atoms with Crippen LogP contribution >= 0.6 is 24.8 Å². The minimum absolute atomic E-state index is 0. The normalized spacial score (nSPS) is 28.2. The summed E-state index contributed by atoms with van der Waals surface area (Å²) in [4.78, 5) is 21.8. The zero-order valence-electron chi connectivity index (χ0n) is 13.2. The highest BCUT2D eigenvalue weighted by molar-refractivity contribution is 5.85. The Hall–Kier alpha value is -0.560. The first-order valence-electron chi connectivity index (χ1n) is 7.32. The monoisotopic (exact) mass is 358 g/mol. The number of esters is 2. The molecule has 2 aliphatic rings. The molecule has 0 aromatic carbocycles. The molecule has 0 unspecified atom stereocenters. The second-order valence-electron chi connectivity index (χ2n) is 5.36. The van der Waals surface area contributed by atoms with Crippen LogP contribution in [0.5, 0.6) is 0 Å². The van der Waals surface area contributed by atoms with Gasteiger partial charge in [0.15, 0.2) is 0 Å². The number of carbonyl (C=O) groups is 2. The van der Waals surface area contributed by atoms with Crippen LogP contribution in [-0.4, -0.2) is 37.2 Å². The van der Waals surface area contributed by atoms with E-state index in [4.69, 9.17) is 20.9 Å². The predicted octanol–water partition coefficient (Wildman–Crippen LogP) is 1.42. The minimum Gasteiger partial charge on any atom is -0.466 e. The van der Waals surface area contributed by atoms with E-state index in [0.717, 1.165) is 25.7 Å². The van der Waals surface area contributed by atoms with Gasteiger partial charge in [0, 0.05) is 12.1 Å². The van der Waals surface area contributed by atoms with Gasteiger partial charge in [-0.05, 0) is 39.5 Å². The number of hydrogen-bond acceptors (Lipinski definition) is 6. The largest absolute Gasteiger partial charge is 0.466 e. The van der Waals surface area contributed by atoms with Crippen molar-refractivity contribution in [1.82, 2.24) is 0 Å². The summed E-state index contributed by atoms with van der Waals surface area (Å²) in [6, 6.07) is 0.462. The maximum atomic E-state index is 10.9. The van der Waals surface area contributed by atoms with Gasteiger partial charge < -0.3 is 20.9 Å². The first-order chi connectivity index (χ1) is 9.47. The van der Waals surface area contributed by atoms with Crippen molar-refractivity contribution >= 4 is 36.8 Å². The first-order valence-corrected chi connectivity index (χ1v) is 7.32. The summed E-state index contributed by atoms with van der Waals surface area (Å²) in [5.41, 5.74) is 11.0. The van der Waals surface area contributed by atoms with Gasteiger partial charge >= 0.3 is 11.9 Å². The van der Waals surface area contributed by atoms with Crippen LogP contribution in [0.15, 0.2) is 0 Å². The van der Waals surface area contributed by atoms with Crippen molar-refractivity contribution in [3.8, 4) is 0 Å². The molecule has 6 nitrogen and oxygen atoms in total. The van der Waals surface area contributed by atoms with Crippen LogP contribution in [0.2, 0.25) is 0 Å². The van der Waals surface area contributed by atoms with Crippen LogP contribution in [0.3, 0.4) is 0 Å². The van der Waals surface area contributed by atoms with Gasteiger partial charge in [-0.2, -0.15) is 0 Å². The molecule has 0 bridgehead atoms. The average Bonchev–Trinajstić information content (AvgIpc) is 2.32. The first kappa shape index (κ1) is 23.7. The van der Waals surface area contributed by atoms with Crippen molar-refractivity contribution in [1.29, 1.82) is 0 Å². The molecule has 0 heterocycles. The third kappa shape index (κ3) is 7.63. The molecule has 2 saturated carbocycles. The van der Waals surface area contributed by atoms with E-state index in [2.05, 4.69) is 0 Å². The number of hydrogen-bond donors (Lipinski definition) is 2. The van der Waals surface area contributed by atoms with Crippen LogP contribution in [0.25, 0.3) is 0 Å². The number of nitrogens with two attached hydrogens (primary N) is 2. The topological polar surface area (TPSA) is 105 Å². The Kier molecular flexibility index (Phi) is 12.9. The lowest BCUT2D eigenvalue weighted by atomic mass is 9.81. The van der Waals surface area contributed by atoms with Gasteiger partial charge in [-0.3, -0.25) is 9.59 Å². The molecule has 0 amide bonds. The molecule has 0 spiro atoms. The molecule has 0 saturated heterocycles. The predicted molar refractivity (Wildman–Crippen MR) is 89.2 cm³/mol. The van der Waals surface area contributed by atoms with Crippen LogP contribution in [0.1, 0.15) is 39.5 Å². The van der Waals surface area contributed by atoms with Crippen LogP contribution in [-0.2, 0) is 19.1 Å². The van der Waals surface area contributed by atoms with Gasteiger partial charge in [0.2, 0.25) is 0 Å². The van der Waals surface area contributed by atoms with E-state index in [0.29, 0.717) is 13.2 Å². The van der Waals surface area contributed by atoms with Gasteiger partial charge in [-0.15, -0.1) is 24.8 Å². The van der Waals surface area contributed by atoms with Crippen molar-refractivity contribution in [2.45, 2.75) is 51.6 Å². The molecule has 0 radical (unpaired) electrons. The zero-order valence-corrected chi connectivity index (χ0v) is 14.8. The minimum atomic E-state index is -0.0794. The lowest BCUT2D eigenvalue weighted by Gasteiger charge is -2.29. The molecular formula is C14H28Cl2N2O4. The molecule has 2 fully saturated rings. The highest BCUT2D eigenvalue weighted by Crippen LogP contribution is 2.27. The molecule has 22 heavy (non-hydrogen) atoms. The van der Waals surface area contributed by atoms with E-state index in [1.165, 1.54) is 0 Å². The van der Waals surface area contributed by atoms with E-state index in [9.17, 15) is 9.59 Å².